The molecule has 2 saturated carbocycles. The van der Waals surface area contributed by atoms with Crippen molar-refractivity contribution in [3.63, 3.8) is 0 Å². The van der Waals surface area contributed by atoms with Gasteiger partial charge in [0.1, 0.15) is 0 Å². The lowest BCUT2D eigenvalue weighted by Gasteiger charge is -2.28. The van der Waals surface area contributed by atoms with Crippen molar-refractivity contribution in [2.45, 2.75) is 38.6 Å². The van der Waals surface area contributed by atoms with E-state index in [4.69, 9.17) is 0 Å². The molecule has 2 fully saturated rings. The molecule has 1 N–H and O–H groups in total. The van der Waals surface area contributed by atoms with Crippen LogP contribution in [0.25, 0.3) is 5.69 Å². The van der Waals surface area contributed by atoms with Gasteiger partial charge in [0.15, 0.2) is 0 Å². The number of hydrogen-bond acceptors (Lipinski definition) is 1. The van der Waals surface area contributed by atoms with Crippen LogP contribution in [0, 0.1) is 17.8 Å². The summed E-state index contributed by atoms with van der Waals surface area (Å²) in [6.07, 6.45) is 9.47. The Labute approximate surface area is 137 Å². The Morgan fingerprint density at radius 1 is 1.13 bits per heavy atom. The minimum absolute atomic E-state index is 0.0549. The molecule has 2 aliphatic carbocycles. The summed E-state index contributed by atoms with van der Waals surface area (Å²) in [5.74, 6) is 2.49. The Balaban J connectivity index is 1.41. The first kappa shape index (κ1) is 14.6. The number of rotatable bonds is 4. The standard InChI is InChI=1S/C20H24N2O/c1-14(19-13-15-4-5-17(19)12-15)21-20(23)16-6-8-18(9-7-16)22-10-2-3-11-22/h2-3,6-11,14-15,17,19H,4-5,12-13H2,1H3,(H,21,23)/t14-,15-,17-,19+/m0/s1. The number of carbonyl (C=O) groups excluding carboxylic acids is 1. The Bertz CT molecular complexity index is 674. The van der Waals surface area contributed by atoms with Gasteiger partial charge in [-0.1, -0.05) is 6.42 Å². The molecular weight excluding hydrogens is 284 g/mol. The highest BCUT2D eigenvalue weighted by molar-refractivity contribution is 5.94. The molecule has 2 aliphatic rings. The summed E-state index contributed by atoms with van der Waals surface area (Å²) in [7, 11) is 0. The van der Waals surface area contributed by atoms with Gasteiger partial charge in [-0.25, -0.2) is 0 Å². The number of nitrogens with zero attached hydrogens (tertiary/aromatic N) is 1. The summed E-state index contributed by atoms with van der Waals surface area (Å²) >= 11 is 0. The number of hydrogen-bond donors (Lipinski definition) is 1. The van der Waals surface area contributed by atoms with E-state index in [0.717, 1.165) is 23.1 Å². The maximum absolute atomic E-state index is 12.5. The van der Waals surface area contributed by atoms with Crippen LogP contribution in [0.3, 0.4) is 0 Å². The van der Waals surface area contributed by atoms with Gasteiger partial charge < -0.3 is 9.88 Å². The second-order valence-electron chi connectivity index (χ2n) is 7.24. The van der Waals surface area contributed by atoms with Crippen molar-refractivity contribution in [1.82, 2.24) is 9.88 Å². The van der Waals surface area contributed by atoms with Gasteiger partial charge in [0, 0.05) is 29.7 Å². The van der Waals surface area contributed by atoms with Crippen LogP contribution in [-0.4, -0.2) is 16.5 Å². The molecule has 3 heteroatoms. The van der Waals surface area contributed by atoms with Crippen LogP contribution < -0.4 is 5.32 Å². The van der Waals surface area contributed by atoms with Crippen LogP contribution in [-0.2, 0) is 0 Å². The van der Waals surface area contributed by atoms with E-state index in [-0.39, 0.29) is 11.9 Å². The van der Waals surface area contributed by atoms with Crippen LogP contribution in [0.5, 0.6) is 0 Å². The predicted octanol–water partition coefficient (Wildman–Crippen LogP) is 4.03. The second kappa shape index (κ2) is 5.88. The first-order valence-electron chi connectivity index (χ1n) is 8.75. The van der Waals surface area contributed by atoms with Gasteiger partial charge in [-0.2, -0.15) is 0 Å². The molecule has 0 saturated heterocycles. The fourth-order valence-electron chi connectivity index (χ4n) is 4.60. The van der Waals surface area contributed by atoms with Gasteiger partial charge >= 0.3 is 0 Å². The first-order chi connectivity index (χ1) is 11.2. The van der Waals surface area contributed by atoms with Crippen LogP contribution in [0.15, 0.2) is 48.8 Å². The summed E-state index contributed by atoms with van der Waals surface area (Å²) in [6, 6.07) is 12.1. The molecule has 0 unspecified atom stereocenters. The van der Waals surface area contributed by atoms with Crippen molar-refractivity contribution in [3.8, 4) is 5.69 Å². The van der Waals surface area contributed by atoms with Gasteiger partial charge in [0.2, 0.25) is 0 Å². The predicted molar refractivity (Wildman–Crippen MR) is 91.6 cm³/mol. The van der Waals surface area contributed by atoms with Crippen LogP contribution in [0.4, 0.5) is 0 Å². The van der Waals surface area contributed by atoms with E-state index >= 15 is 0 Å². The zero-order valence-corrected chi connectivity index (χ0v) is 13.6. The molecule has 23 heavy (non-hydrogen) atoms. The van der Waals surface area contributed by atoms with Crippen molar-refractivity contribution < 1.29 is 4.79 Å². The Hall–Kier alpha value is -2.03. The highest BCUT2D eigenvalue weighted by Gasteiger charge is 2.42. The molecule has 1 aromatic carbocycles. The van der Waals surface area contributed by atoms with E-state index in [2.05, 4.69) is 12.2 Å². The molecule has 2 bridgehead atoms. The number of nitrogens with one attached hydrogen (secondary N) is 1. The third kappa shape index (κ3) is 2.80. The molecule has 4 rings (SSSR count). The van der Waals surface area contributed by atoms with Gasteiger partial charge in [-0.05, 0) is 80.3 Å². The Morgan fingerprint density at radius 2 is 1.87 bits per heavy atom. The number of benzene rings is 1. The lowest BCUT2D eigenvalue weighted by atomic mass is 9.84. The van der Waals surface area contributed by atoms with Gasteiger partial charge in [-0.3, -0.25) is 4.79 Å². The first-order valence-corrected chi connectivity index (χ1v) is 8.75. The van der Waals surface area contributed by atoms with Gasteiger partial charge in [0.05, 0.1) is 0 Å². The zero-order valence-electron chi connectivity index (χ0n) is 13.6. The molecule has 0 spiro atoms. The minimum Gasteiger partial charge on any atom is -0.349 e. The molecule has 120 valence electrons. The SMILES string of the molecule is C[C@H](NC(=O)c1ccc(-n2cccc2)cc1)[C@H]1C[C@H]2CC[C@H]1C2. The van der Waals surface area contributed by atoms with Crippen LogP contribution >= 0.6 is 0 Å². The van der Waals surface area contributed by atoms with E-state index < -0.39 is 0 Å². The van der Waals surface area contributed by atoms with Gasteiger partial charge in [0.25, 0.3) is 5.91 Å². The Kier molecular flexibility index (Phi) is 3.72. The summed E-state index contributed by atoms with van der Waals surface area (Å²) in [4.78, 5) is 12.5. The van der Waals surface area contributed by atoms with Crippen LogP contribution in [0.1, 0.15) is 43.0 Å². The summed E-state index contributed by atoms with van der Waals surface area (Å²) in [6.45, 7) is 2.18. The molecule has 1 amide bonds. The molecule has 0 radical (unpaired) electrons. The fraction of sp³-hybridized carbons (Fsp3) is 0.450. The third-order valence-corrected chi connectivity index (χ3v) is 5.83. The molecule has 4 atom stereocenters. The average molecular weight is 308 g/mol. The number of amides is 1. The lowest BCUT2D eigenvalue weighted by molar-refractivity contribution is 0.0915. The molecule has 3 nitrogen and oxygen atoms in total. The van der Waals surface area contributed by atoms with Crippen molar-refractivity contribution in [3.05, 3.63) is 54.4 Å². The van der Waals surface area contributed by atoms with Crippen molar-refractivity contribution >= 4 is 5.91 Å². The van der Waals surface area contributed by atoms with Crippen molar-refractivity contribution in [1.29, 1.82) is 0 Å². The van der Waals surface area contributed by atoms with E-state index in [9.17, 15) is 4.79 Å². The summed E-state index contributed by atoms with van der Waals surface area (Å²) in [5.41, 5.74) is 1.82. The van der Waals surface area contributed by atoms with Crippen LogP contribution in [0.2, 0.25) is 0 Å². The number of carbonyl (C=O) groups is 1. The molecular formula is C20H24N2O. The number of fused-ring (bicyclic) bond motifs is 2. The monoisotopic (exact) mass is 308 g/mol. The molecule has 1 aromatic heterocycles. The molecule has 0 aliphatic heterocycles. The topological polar surface area (TPSA) is 34.0 Å². The lowest BCUT2D eigenvalue weighted by Crippen LogP contribution is -2.40. The molecule has 2 aromatic rings. The third-order valence-electron chi connectivity index (χ3n) is 5.83. The van der Waals surface area contributed by atoms with E-state index in [1.54, 1.807) is 0 Å². The van der Waals surface area contributed by atoms with Crippen molar-refractivity contribution in [2.24, 2.45) is 17.8 Å². The average Bonchev–Trinajstić information content (AvgIpc) is 3.32. The normalized spacial score (nSPS) is 27.1. The number of aromatic nitrogens is 1. The minimum atomic E-state index is 0.0549. The van der Waals surface area contributed by atoms with E-state index in [0.29, 0.717) is 5.92 Å². The maximum Gasteiger partial charge on any atom is 0.251 e. The second-order valence-corrected chi connectivity index (χ2v) is 7.24. The van der Waals surface area contributed by atoms with Gasteiger partial charge in [-0.15, -0.1) is 0 Å². The molecule has 1 heterocycles. The Morgan fingerprint density at radius 3 is 2.48 bits per heavy atom. The highest BCUT2D eigenvalue weighted by atomic mass is 16.1. The summed E-state index contributed by atoms with van der Waals surface area (Å²) < 4.78 is 2.04. The smallest absolute Gasteiger partial charge is 0.251 e. The van der Waals surface area contributed by atoms with E-state index in [1.165, 1.54) is 25.7 Å². The van der Waals surface area contributed by atoms with E-state index in [1.807, 2.05) is 53.4 Å². The maximum atomic E-state index is 12.5. The highest BCUT2D eigenvalue weighted by Crippen LogP contribution is 2.49. The zero-order chi connectivity index (χ0) is 15.8. The largest absolute Gasteiger partial charge is 0.349 e. The quantitative estimate of drug-likeness (QED) is 0.909. The fourth-order valence-corrected chi connectivity index (χ4v) is 4.60. The summed E-state index contributed by atoms with van der Waals surface area (Å²) in [5, 5.41) is 3.23. The van der Waals surface area contributed by atoms with Crippen molar-refractivity contribution in [2.75, 3.05) is 0 Å².